The number of ether oxygens (including phenoxy) is 3. The summed E-state index contributed by atoms with van der Waals surface area (Å²) >= 11 is 0. The van der Waals surface area contributed by atoms with E-state index < -0.39 is 0 Å². The van der Waals surface area contributed by atoms with Gasteiger partial charge in [0.1, 0.15) is 0 Å². The molecular formula is C13H23NO3. The predicted molar refractivity (Wildman–Crippen MR) is 64.1 cm³/mol. The molecule has 17 heavy (non-hydrogen) atoms. The zero-order chi connectivity index (χ0) is 11.8. The SMILES string of the molecule is CC1(CNC2CCOC3(CCOC3)C2)COC1. The van der Waals surface area contributed by atoms with Crippen molar-refractivity contribution in [1.29, 1.82) is 0 Å². The highest BCUT2D eigenvalue weighted by molar-refractivity contribution is 4.94. The first-order valence-electron chi connectivity index (χ1n) is 6.73. The molecule has 0 radical (unpaired) electrons. The van der Waals surface area contributed by atoms with Gasteiger partial charge in [0, 0.05) is 37.6 Å². The first-order chi connectivity index (χ1) is 8.20. The van der Waals surface area contributed by atoms with Gasteiger partial charge in [0.2, 0.25) is 0 Å². The van der Waals surface area contributed by atoms with E-state index in [1.165, 1.54) is 0 Å². The standard InChI is InChI=1S/C13H23NO3/c1-12(8-16-9-12)7-14-11-2-4-17-13(6-11)3-5-15-10-13/h11,14H,2-10H2,1H3. The van der Waals surface area contributed by atoms with E-state index in [1.54, 1.807) is 0 Å². The van der Waals surface area contributed by atoms with E-state index in [1.807, 2.05) is 0 Å². The highest BCUT2D eigenvalue weighted by atomic mass is 16.6. The van der Waals surface area contributed by atoms with Gasteiger partial charge < -0.3 is 19.5 Å². The molecule has 1 N–H and O–H groups in total. The molecule has 98 valence electrons. The van der Waals surface area contributed by atoms with Crippen LogP contribution in [0.25, 0.3) is 0 Å². The Labute approximate surface area is 103 Å². The van der Waals surface area contributed by atoms with Crippen molar-refractivity contribution < 1.29 is 14.2 Å². The van der Waals surface area contributed by atoms with Crippen LogP contribution in [-0.2, 0) is 14.2 Å². The smallest absolute Gasteiger partial charge is 0.0951 e. The quantitative estimate of drug-likeness (QED) is 0.798. The zero-order valence-electron chi connectivity index (χ0n) is 10.7. The summed E-state index contributed by atoms with van der Waals surface area (Å²) in [5.41, 5.74) is 0.380. The molecule has 3 aliphatic rings. The molecule has 0 amide bonds. The zero-order valence-corrected chi connectivity index (χ0v) is 10.7. The molecule has 4 nitrogen and oxygen atoms in total. The Morgan fingerprint density at radius 3 is 2.71 bits per heavy atom. The lowest BCUT2D eigenvalue weighted by Gasteiger charge is -2.42. The van der Waals surface area contributed by atoms with Crippen LogP contribution in [-0.4, -0.2) is 51.2 Å². The summed E-state index contributed by atoms with van der Waals surface area (Å²) in [7, 11) is 0. The van der Waals surface area contributed by atoms with Gasteiger partial charge in [-0.15, -0.1) is 0 Å². The largest absolute Gasteiger partial charge is 0.380 e. The highest BCUT2D eigenvalue weighted by Gasteiger charge is 2.41. The molecule has 3 saturated heterocycles. The van der Waals surface area contributed by atoms with Crippen LogP contribution in [0.3, 0.4) is 0 Å². The third kappa shape index (κ3) is 2.50. The summed E-state index contributed by atoms with van der Waals surface area (Å²) in [4.78, 5) is 0. The van der Waals surface area contributed by atoms with Gasteiger partial charge in [-0.05, 0) is 12.8 Å². The fourth-order valence-electron chi connectivity index (χ4n) is 3.01. The van der Waals surface area contributed by atoms with Crippen molar-refractivity contribution in [1.82, 2.24) is 5.32 Å². The first kappa shape index (κ1) is 11.9. The van der Waals surface area contributed by atoms with E-state index in [0.717, 1.165) is 58.8 Å². The average molecular weight is 241 g/mol. The minimum atomic E-state index is 0.0208. The number of hydrogen-bond donors (Lipinski definition) is 1. The molecular weight excluding hydrogens is 218 g/mol. The fraction of sp³-hybridized carbons (Fsp3) is 1.00. The molecule has 0 aliphatic carbocycles. The normalized spacial score (nSPS) is 40.4. The van der Waals surface area contributed by atoms with Gasteiger partial charge in [0.15, 0.2) is 0 Å². The second-order valence-corrected chi connectivity index (χ2v) is 6.21. The van der Waals surface area contributed by atoms with Gasteiger partial charge >= 0.3 is 0 Å². The molecule has 0 aromatic carbocycles. The van der Waals surface area contributed by atoms with E-state index in [4.69, 9.17) is 14.2 Å². The maximum absolute atomic E-state index is 5.94. The van der Waals surface area contributed by atoms with Gasteiger partial charge in [0.25, 0.3) is 0 Å². The second-order valence-electron chi connectivity index (χ2n) is 6.21. The van der Waals surface area contributed by atoms with Crippen molar-refractivity contribution in [3.05, 3.63) is 0 Å². The summed E-state index contributed by atoms with van der Waals surface area (Å²) in [6.45, 7) is 7.67. The molecule has 4 heteroatoms. The average Bonchev–Trinajstić information content (AvgIpc) is 2.72. The van der Waals surface area contributed by atoms with Crippen LogP contribution in [0.2, 0.25) is 0 Å². The van der Waals surface area contributed by atoms with Crippen LogP contribution < -0.4 is 5.32 Å². The molecule has 3 rings (SSSR count). The highest BCUT2D eigenvalue weighted by Crippen LogP contribution is 2.33. The van der Waals surface area contributed by atoms with Crippen LogP contribution in [0.4, 0.5) is 0 Å². The Balaban J connectivity index is 1.50. The van der Waals surface area contributed by atoms with Crippen LogP contribution >= 0.6 is 0 Å². The van der Waals surface area contributed by atoms with Crippen LogP contribution in [0.1, 0.15) is 26.2 Å². The predicted octanol–water partition coefficient (Wildman–Crippen LogP) is 0.951. The minimum Gasteiger partial charge on any atom is -0.380 e. The molecule has 3 fully saturated rings. The van der Waals surface area contributed by atoms with Crippen LogP contribution in [0.5, 0.6) is 0 Å². The van der Waals surface area contributed by atoms with Crippen molar-refractivity contribution in [2.45, 2.75) is 37.8 Å². The molecule has 0 saturated carbocycles. The van der Waals surface area contributed by atoms with Gasteiger partial charge in [-0.3, -0.25) is 0 Å². The number of hydrogen-bond acceptors (Lipinski definition) is 4. The molecule has 0 aromatic heterocycles. The molecule has 0 aromatic rings. The third-order valence-electron chi connectivity index (χ3n) is 4.28. The number of nitrogens with one attached hydrogen (secondary N) is 1. The van der Waals surface area contributed by atoms with Crippen molar-refractivity contribution in [3.8, 4) is 0 Å². The molecule has 3 aliphatic heterocycles. The first-order valence-corrected chi connectivity index (χ1v) is 6.73. The Bertz CT molecular complexity index is 272. The second kappa shape index (κ2) is 4.50. The fourth-order valence-corrected chi connectivity index (χ4v) is 3.01. The van der Waals surface area contributed by atoms with E-state index in [-0.39, 0.29) is 5.60 Å². The summed E-state index contributed by atoms with van der Waals surface area (Å²) < 4.78 is 16.7. The van der Waals surface area contributed by atoms with Gasteiger partial charge in [-0.25, -0.2) is 0 Å². The Morgan fingerprint density at radius 2 is 2.06 bits per heavy atom. The van der Waals surface area contributed by atoms with Crippen molar-refractivity contribution in [2.75, 3.05) is 39.6 Å². The van der Waals surface area contributed by atoms with Crippen LogP contribution in [0.15, 0.2) is 0 Å². The molecule has 1 spiro atoms. The minimum absolute atomic E-state index is 0.0208. The van der Waals surface area contributed by atoms with Gasteiger partial charge in [-0.2, -0.15) is 0 Å². The molecule has 0 bridgehead atoms. The van der Waals surface area contributed by atoms with E-state index in [9.17, 15) is 0 Å². The lowest BCUT2D eigenvalue weighted by Crippen LogP contribution is -2.53. The summed E-state index contributed by atoms with van der Waals surface area (Å²) in [5, 5.41) is 3.70. The Hall–Kier alpha value is -0.160. The van der Waals surface area contributed by atoms with E-state index >= 15 is 0 Å². The molecule has 3 heterocycles. The van der Waals surface area contributed by atoms with Gasteiger partial charge in [-0.1, -0.05) is 6.92 Å². The summed E-state index contributed by atoms with van der Waals surface area (Å²) in [6.07, 6.45) is 3.29. The Morgan fingerprint density at radius 1 is 1.18 bits per heavy atom. The molecule has 2 unspecified atom stereocenters. The van der Waals surface area contributed by atoms with E-state index in [0.29, 0.717) is 11.5 Å². The van der Waals surface area contributed by atoms with Crippen LogP contribution in [0, 0.1) is 5.41 Å². The Kier molecular flexibility index (Phi) is 3.15. The topological polar surface area (TPSA) is 39.7 Å². The van der Waals surface area contributed by atoms with E-state index in [2.05, 4.69) is 12.2 Å². The molecule has 2 atom stereocenters. The lowest BCUT2D eigenvalue weighted by molar-refractivity contribution is -0.110. The van der Waals surface area contributed by atoms with Crippen molar-refractivity contribution in [2.24, 2.45) is 5.41 Å². The number of rotatable bonds is 3. The van der Waals surface area contributed by atoms with Crippen molar-refractivity contribution >= 4 is 0 Å². The lowest BCUT2D eigenvalue weighted by atomic mass is 9.86. The maximum atomic E-state index is 5.94. The van der Waals surface area contributed by atoms with Gasteiger partial charge in [0.05, 0.1) is 25.4 Å². The summed E-state index contributed by atoms with van der Waals surface area (Å²) in [6, 6.07) is 0.586. The monoisotopic (exact) mass is 241 g/mol. The maximum Gasteiger partial charge on any atom is 0.0951 e. The third-order valence-corrected chi connectivity index (χ3v) is 4.28. The summed E-state index contributed by atoms with van der Waals surface area (Å²) in [5.74, 6) is 0. The van der Waals surface area contributed by atoms with Crippen molar-refractivity contribution in [3.63, 3.8) is 0 Å².